The first-order valence-electron chi connectivity index (χ1n) is 7.26. The summed E-state index contributed by atoms with van der Waals surface area (Å²) in [6.07, 6.45) is 5.31. The molecule has 0 fully saturated rings. The van der Waals surface area contributed by atoms with Crippen LogP contribution < -0.4 is 11.2 Å². The minimum Gasteiger partial charge on any atom is -0.304 e. The Kier molecular flexibility index (Phi) is 4.18. The van der Waals surface area contributed by atoms with E-state index < -0.39 is 11.2 Å². The third-order valence-electron chi connectivity index (χ3n) is 3.90. The summed E-state index contributed by atoms with van der Waals surface area (Å²) in [5.74, 6) is 2.37. The minimum absolute atomic E-state index is 0.0361. The highest BCUT2D eigenvalue weighted by atomic mass is 35.5. The maximum Gasteiger partial charge on any atom is 0.333 e. The molecule has 0 saturated carbocycles. The number of nitrogens with zero attached hydrogens (tertiary/aromatic N) is 5. The van der Waals surface area contributed by atoms with E-state index in [1.807, 2.05) is 0 Å². The number of terminal acetylenes is 1. The van der Waals surface area contributed by atoms with Crippen molar-refractivity contribution in [2.75, 3.05) is 0 Å². The Balaban J connectivity index is 2.33. The van der Waals surface area contributed by atoms with Gasteiger partial charge in [-0.1, -0.05) is 24.1 Å². The van der Waals surface area contributed by atoms with Crippen LogP contribution in [0.3, 0.4) is 0 Å². The van der Waals surface area contributed by atoms with E-state index in [1.165, 1.54) is 16.2 Å². The van der Waals surface area contributed by atoms with Crippen LogP contribution in [-0.4, -0.2) is 18.7 Å². The van der Waals surface area contributed by atoms with E-state index in [4.69, 9.17) is 18.0 Å². The first-order chi connectivity index (χ1) is 12.0. The molecule has 0 bridgehead atoms. The molecule has 0 saturated heterocycles. The molecule has 25 heavy (non-hydrogen) atoms. The molecule has 0 aliphatic heterocycles. The summed E-state index contributed by atoms with van der Waals surface area (Å²) in [6, 6.07) is 9.08. The predicted molar refractivity (Wildman–Crippen MR) is 93.3 cm³/mol. The van der Waals surface area contributed by atoms with Crippen LogP contribution >= 0.6 is 11.6 Å². The molecule has 0 unspecified atom stereocenters. The zero-order chi connectivity index (χ0) is 18.1. The molecule has 0 aliphatic carbocycles. The van der Waals surface area contributed by atoms with Gasteiger partial charge >= 0.3 is 5.69 Å². The maximum absolute atomic E-state index is 12.6. The Morgan fingerprint density at radius 1 is 1.28 bits per heavy atom. The fraction of sp³-hybridized carbons (Fsp3) is 0.176. The summed E-state index contributed by atoms with van der Waals surface area (Å²) in [4.78, 5) is 29.0. The van der Waals surface area contributed by atoms with Gasteiger partial charge in [-0.3, -0.25) is 13.9 Å². The molecule has 7 nitrogen and oxygen atoms in total. The molecule has 1 aromatic carbocycles. The summed E-state index contributed by atoms with van der Waals surface area (Å²) in [7, 11) is 1.37. The van der Waals surface area contributed by atoms with E-state index >= 15 is 0 Å². The van der Waals surface area contributed by atoms with Crippen LogP contribution in [0.1, 0.15) is 11.1 Å². The second-order valence-corrected chi connectivity index (χ2v) is 5.68. The van der Waals surface area contributed by atoms with Crippen LogP contribution in [0, 0.1) is 23.7 Å². The largest absolute Gasteiger partial charge is 0.333 e. The summed E-state index contributed by atoms with van der Waals surface area (Å²) in [5, 5.41) is 9.28. The Bertz CT molecular complexity index is 1190. The van der Waals surface area contributed by atoms with Gasteiger partial charge in [0.2, 0.25) is 5.28 Å². The fourth-order valence-electron chi connectivity index (χ4n) is 2.65. The van der Waals surface area contributed by atoms with Crippen molar-refractivity contribution >= 4 is 22.8 Å². The van der Waals surface area contributed by atoms with E-state index in [2.05, 4.69) is 17.0 Å². The van der Waals surface area contributed by atoms with E-state index in [0.717, 1.165) is 4.57 Å². The first-order valence-corrected chi connectivity index (χ1v) is 7.64. The lowest BCUT2D eigenvalue weighted by Crippen LogP contribution is -2.38. The SMILES string of the molecule is C#CCn1c(=O)n(C)c(=O)c2c1nc(Cl)n2Cc1ccccc1C#N. The summed E-state index contributed by atoms with van der Waals surface area (Å²) >= 11 is 6.22. The highest BCUT2D eigenvalue weighted by Crippen LogP contribution is 2.19. The van der Waals surface area contributed by atoms with E-state index in [0.29, 0.717) is 11.1 Å². The number of imidazole rings is 1. The van der Waals surface area contributed by atoms with Gasteiger partial charge in [0, 0.05) is 7.05 Å². The summed E-state index contributed by atoms with van der Waals surface area (Å²) in [5.41, 5.74) is 0.356. The third-order valence-corrected chi connectivity index (χ3v) is 4.19. The van der Waals surface area contributed by atoms with Crippen molar-refractivity contribution in [3.8, 4) is 18.4 Å². The highest BCUT2D eigenvalue weighted by Gasteiger charge is 2.20. The van der Waals surface area contributed by atoms with Crippen LogP contribution in [0.25, 0.3) is 11.2 Å². The average Bonchev–Trinajstić information content (AvgIpc) is 2.93. The molecule has 0 N–H and O–H groups in total. The quantitative estimate of drug-likeness (QED) is 0.521. The van der Waals surface area contributed by atoms with Crippen molar-refractivity contribution in [3.63, 3.8) is 0 Å². The molecule has 0 radical (unpaired) electrons. The number of nitriles is 1. The van der Waals surface area contributed by atoms with Crippen molar-refractivity contribution < 1.29 is 0 Å². The molecule has 0 spiro atoms. The standard InChI is InChI=1S/C17H12ClN5O2/c1-3-8-22-14-13(15(24)21(2)17(22)25)23(16(18)20-14)10-12-7-5-4-6-11(12)9-19/h1,4-7H,8,10H2,2H3. The minimum atomic E-state index is -0.561. The van der Waals surface area contributed by atoms with E-state index in [9.17, 15) is 14.9 Å². The Hall–Kier alpha value is -3.29. The Morgan fingerprint density at radius 2 is 2.00 bits per heavy atom. The Labute approximate surface area is 147 Å². The molecular formula is C17H12ClN5O2. The van der Waals surface area contributed by atoms with Crippen LogP contribution in [-0.2, 0) is 20.1 Å². The number of aromatic nitrogens is 4. The van der Waals surface area contributed by atoms with Gasteiger partial charge in [0.1, 0.15) is 0 Å². The number of halogens is 1. The van der Waals surface area contributed by atoms with Crippen LogP contribution in [0.15, 0.2) is 33.9 Å². The average molecular weight is 354 g/mol. The number of fused-ring (bicyclic) bond motifs is 1. The van der Waals surface area contributed by atoms with Crippen LogP contribution in [0.4, 0.5) is 0 Å². The second-order valence-electron chi connectivity index (χ2n) is 5.35. The van der Waals surface area contributed by atoms with Gasteiger partial charge in [-0.05, 0) is 23.2 Å². The summed E-state index contributed by atoms with van der Waals surface area (Å²) in [6.45, 7) is 0.133. The zero-order valence-electron chi connectivity index (χ0n) is 13.2. The van der Waals surface area contributed by atoms with Crippen molar-refractivity contribution in [1.82, 2.24) is 18.7 Å². The zero-order valence-corrected chi connectivity index (χ0v) is 14.0. The molecular weight excluding hydrogens is 342 g/mol. The smallest absolute Gasteiger partial charge is 0.304 e. The van der Waals surface area contributed by atoms with Crippen molar-refractivity contribution in [2.45, 2.75) is 13.1 Å². The van der Waals surface area contributed by atoms with E-state index in [1.54, 1.807) is 24.3 Å². The van der Waals surface area contributed by atoms with Gasteiger partial charge in [-0.2, -0.15) is 10.2 Å². The predicted octanol–water partition coefficient (Wildman–Crippen LogP) is 1.10. The second kappa shape index (κ2) is 6.31. The van der Waals surface area contributed by atoms with Gasteiger partial charge in [-0.15, -0.1) is 6.42 Å². The van der Waals surface area contributed by atoms with Gasteiger partial charge in [0.05, 0.1) is 24.7 Å². The molecule has 0 amide bonds. The molecule has 0 atom stereocenters. The monoisotopic (exact) mass is 353 g/mol. The maximum atomic E-state index is 12.6. The number of rotatable bonds is 3. The molecule has 2 heterocycles. The highest BCUT2D eigenvalue weighted by molar-refractivity contribution is 6.29. The number of hydrogen-bond acceptors (Lipinski definition) is 4. The lowest BCUT2D eigenvalue weighted by molar-refractivity contribution is 0.680. The number of hydrogen-bond donors (Lipinski definition) is 0. The van der Waals surface area contributed by atoms with Gasteiger partial charge in [0.25, 0.3) is 5.56 Å². The van der Waals surface area contributed by atoms with Gasteiger partial charge < -0.3 is 4.57 Å². The van der Waals surface area contributed by atoms with Gasteiger partial charge in [0.15, 0.2) is 11.2 Å². The molecule has 8 heteroatoms. The topological polar surface area (TPSA) is 85.6 Å². The lowest BCUT2D eigenvalue weighted by Gasteiger charge is -2.09. The molecule has 2 aromatic heterocycles. The van der Waals surface area contributed by atoms with Crippen molar-refractivity contribution in [3.05, 3.63) is 61.5 Å². The Morgan fingerprint density at radius 3 is 2.68 bits per heavy atom. The number of benzene rings is 1. The normalized spacial score (nSPS) is 10.6. The first kappa shape index (κ1) is 16.6. The molecule has 124 valence electrons. The third kappa shape index (κ3) is 2.61. The van der Waals surface area contributed by atoms with Crippen LogP contribution in [0.2, 0.25) is 5.28 Å². The molecule has 3 rings (SSSR count). The molecule has 0 aliphatic rings. The lowest BCUT2D eigenvalue weighted by atomic mass is 10.1. The van der Waals surface area contributed by atoms with Crippen LogP contribution in [0.5, 0.6) is 0 Å². The van der Waals surface area contributed by atoms with Crippen molar-refractivity contribution in [2.24, 2.45) is 7.05 Å². The molecule has 3 aromatic rings. The van der Waals surface area contributed by atoms with E-state index in [-0.39, 0.29) is 29.5 Å². The fourth-order valence-corrected chi connectivity index (χ4v) is 2.87. The van der Waals surface area contributed by atoms with Gasteiger partial charge in [-0.25, -0.2) is 4.79 Å². The van der Waals surface area contributed by atoms with Crippen molar-refractivity contribution in [1.29, 1.82) is 5.26 Å². The summed E-state index contributed by atoms with van der Waals surface area (Å²) < 4.78 is 3.65.